The van der Waals surface area contributed by atoms with Crippen LogP contribution in [0.1, 0.15) is 46.4 Å². The summed E-state index contributed by atoms with van der Waals surface area (Å²) in [6.07, 6.45) is 3.41. The van der Waals surface area contributed by atoms with E-state index in [4.69, 9.17) is 9.47 Å². The number of carboxylic acid groups (broad SMARTS) is 1. The average molecular weight is 645 g/mol. The van der Waals surface area contributed by atoms with Crippen LogP contribution in [0.15, 0.2) is 102 Å². The molecule has 5 rings (SSSR count). The zero-order chi connectivity index (χ0) is 30.2. The van der Waals surface area contributed by atoms with Crippen molar-refractivity contribution < 1.29 is 29.0 Å². The van der Waals surface area contributed by atoms with Crippen molar-refractivity contribution in [2.24, 2.45) is 0 Å². The van der Waals surface area contributed by atoms with Crippen molar-refractivity contribution in [1.29, 1.82) is 0 Å². The lowest BCUT2D eigenvalue weighted by atomic mass is 9.93. The maximum atomic E-state index is 12.6. The topological polar surface area (TPSA) is 126 Å². The van der Waals surface area contributed by atoms with Gasteiger partial charge in [-0.05, 0) is 111 Å². The van der Waals surface area contributed by atoms with E-state index in [1.165, 1.54) is 6.07 Å². The summed E-state index contributed by atoms with van der Waals surface area (Å²) < 4.78 is 13.0. The maximum absolute atomic E-state index is 12.6. The zero-order valence-electron chi connectivity index (χ0n) is 23.1. The molecule has 4 aromatic carbocycles. The van der Waals surface area contributed by atoms with Gasteiger partial charge in [-0.2, -0.15) is 0 Å². The molecule has 0 bridgehead atoms. The molecule has 0 atom stereocenters. The number of rotatable bonds is 9. The number of amides is 3. The first-order valence-corrected chi connectivity index (χ1v) is 14.6. The lowest BCUT2D eigenvalue weighted by Crippen LogP contribution is -2.41. The maximum Gasteiger partial charge on any atom is 0.337 e. The molecule has 0 unspecified atom stereocenters. The van der Waals surface area contributed by atoms with Gasteiger partial charge >= 0.3 is 12.0 Å². The van der Waals surface area contributed by atoms with E-state index in [0.717, 1.165) is 41.6 Å². The Hall–Kier alpha value is -4.83. The van der Waals surface area contributed by atoms with Gasteiger partial charge in [0, 0.05) is 21.8 Å². The van der Waals surface area contributed by atoms with Crippen molar-refractivity contribution in [3.63, 3.8) is 0 Å². The highest BCUT2D eigenvalue weighted by atomic mass is 79.9. The van der Waals surface area contributed by atoms with E-state index < -0.39 is 11.9 Å². The number of carbonyl (C=O) groups is 3. The number of aromatic carboxylic acids is 1. The number of halogens is 1. The Kier molecular flexibility index (Phi) is 9.58. The highest BCUT2D eigenvalue weighted by Gasteiger charge is 2.24. The molecule has 0 radical (unpaired) electrons. The lowest BCUT2D eigenvalue weighted by Gasteiger charge is -2.29. The van der Waals surface area contributed by atoms with E-state index in [1.807, 2.05) is 48.5 Å². The van der Waals surface area contributed by atoms with Crippen molar-refractivity contribution in [3.05, 3.63) is 113 Å². The summed E-state index contributed by atoms with van der Waals surface area (Å²) >= 11 is 3.39. The Morgan fingerprint density at radius 3 is 1.98 bits per heavy atom. The first-order chi connectivity index (χ1) is 20.8. The van der Waals surface area contributed by atoms with E-state index in [2.05, 4.69) is 31.9 Å². The van der Waals surface area contributed by atoms with Gasteiger partial charge in [-0.25, -0.2) is 9.59 Å². The number of hydrogen-bond acceptors (Lipinski definition) is 5. The minimum Gasteiger partial charge on any atom is -0.490 e. The van der Waals surface area contributed by atoms with E-state index >= 15 is 0 Å². The largest absolute Gasteiger partial charge is 0.490 e. The fraction of sp³-hybridized carbons (Fsp3) is 0.182. The van der Waals surface area contributed by atoms with Crippen molar-refractivity contribution in [1.82, 2.24) is 5.32 Å². The Morgan fingerprint density at radius 2 is 1.33 bits per heavy atom. The number of carboxylic acids is 1. The Bertz CT molecular complexity index is 1570. The highest BCUT2D eigenvalue weighted by Crippen LogP contribution is 2.28. The molecule has 4 aromatic rings. The van der Waals surface area contributed by atoms with Crippen LogP contribution in [0, 0.1) is 0 Å². The van der Waals surface area contributed by atoms with Crippen LogP contribution >= 0.6 is 15.9 Å². The summed E-state index contributed by atoms with van der Waals surface area (Å²) in [6, 6.07) is 27.5. The van der Waals surface area contributed by atoms with Crippen molar-refractivity contribution in [2.45, 2.75) is 37.8 Å². The van der Waals surface area contributed by atoms with E-state index in [-0.39, 0.29) is 29.4 Å². The third kappa shape index (κ3) is 8.36. The molecule has 1 aliphatic rings. The second-order valence-electron chi connectivity index (χ2n) is 10.1. The lowest BCUT2D eigenvalue weighted by molar-refractivity contribution is 0.0698. The van der Waals surface area contributed by atoms with Gasteiger partial charge in [0.05, 0.1) is 17.4 Å². The van der Waals surface area contributed by atoms with Crippen LogP contribution in [0.25, 0.3) is 0 Å². The third-order valence-electron chi connectivity index (χ3n) is 7.00. The number of anilines is 2. The number of ether oxygens (including phenoxy) is 2. The molecule has 4 N–H and O–H groups in total. The molecule has 43 heavy (non-hydrogen) atoms. The number of carbonyl (C=O) groups excluding carboxylic acids is 2. The fourth-order valence-electron chi connectivity index (χ4n) is 4.77. The normalized spacial score (nSPS) is 16.0. The van der Waals surface area contributed by atoms with Gasteiger partial charge < -0.3 is 30.5 Å². The molecule has 9 nitrogen and oxygen atoms in total. The van der Waals surface area contributed by atoms with Crippen LogP contribution in [0.3, 0.4) is 0 Å². The van der Waals surface area contributed by atoms with Gasteiger partial charge in [0.15, 0.2) is 0 Å². The first kappa shape index (κ1) is 29.7. The molecule has 0 saturated heterocycles. The van der Waals surface area contributed by atoms with E-state index in [0.29, 0.717) is 17.1 Å². The van der Waals surface area contributed by atoms with Crippen LogP contribution in [-0.2, 0) is 0 Å². The second kappa shape index (κ2) is 13.9. The predicted octanol–water partition coefficient (Wildman–Crippen LogP) is 7.70. The second-order valence-corrected chi connectivity index (χ2v) is 11.0. The summed E-state index contributed by atoms with van der Waals surface area (Å²) in [6.45, 7) is 0. The van der Waals surface area contributed by atoms with Crippen molar-refractivity contribution >= 4 is 45.2 Å². The number of hydrogen-bond donors (Lipinski definition) is 4. The third-order valence-corrected chi connectivity index (χ3v) is 7.52. The molecule has 220 valence electrons. The van der Waals surface area contributed by atoms with Crippen LogP contribution in [0.2, 0.25) is 0 Å². The molecule has 0 heterocycles. The van der Waals surface area contributed by atoms with Gasteiger partial charge in [-0.1, -0.05) is 28.1 Å². The zero-order valence-corrected chi connectivity index (χ0v) is 24.7. The molecule has 1 fully saturated rings. The molecule has 1 saturated carbocycles. The van der Waals surface area contributed by atoms with Crippen LogP contribution < -0.4 is 25.4 Å². The van der Waals surface area contributed by atoms with Crippen LogP contribution in [0.4, 0.5) is 16.2 Å². The number of benzene rings is 4. The quantitative estimate of drug-likeness (QED) is 0.148. The Labute approximate surface area is 257 Å². The molecule has 0 aromatic heterocycles. The molecular weight excluding hydrogens is 614 g/mol. The fourth-order valence-corrected chi connectivity index (χ4v) is 5.04. The monoisotopic (exact) mass is 643 g/mol. The molecule has 1 aliphatic carbocycles. The SMILES string of the molecule is O=C(Nc1ccc(Br)cc1)NC1CCC(Oc2ccc(Oc3ccc(C(=O)Nc4ccccc4C(=O)O)cc3)cc2)CC1. The van der Waals surface area contributed by atoms with Gasteiger partial charge in [0.1, 0.15) is 17.2 Å². The van der Waals surface area contributed by atoms with Gasteiger partial charge in [-0.3, -0.25) is 4.79 Å². The van der Waals surface area contributed by atoms with Gasteiger partial charge in [0.25, 0.3) is 5.91 Å². The van der Waals surface area contributed by atoms with Gasteiger partial charge in [-0.15, -0.1) is 0 Å². The van der Waals surface area contributed by atoms with E-state index in [1.54, 1.807) is 42.5 Å². The number of nitrogens with one attached hydrogen (secondary N) is 3. The molecule has 0 aliphatic heterocycles. The standard InChI is InChI=1S/C33H30BrN3O6/c34-22-7-9-23(10-8-22)35-33(41)36-24-11-15-26(16-12-24)43-28-19-17-27(18-20-28)42-25-13-5-21(6-14-25)31(38)37-30-4-2-1-3-29(30)32(39)40/h1-10,13-14,17-20,24,26H,11-12,15-16H2,(H,37,38)(H,39,40)(H2,35,36,41). The number of para-hydroxylation sites is 1. The van der Waals surface area contributed by atoms with Crippen LogP contribution in [0.5, 0.6) is 17.2 Å². The minimum atomic E-state index is -1.12. The smallest absolute Gasteiger partial charge is 0.337 e. The highest BCUT2D eigenvalue weighted by molar-refractivity contribution is 9.10. The summed E-state index contributed by atoms with van der Waals surface area (Å²) in [4.78, 5) is 36.3. The van der Waals surface area contributed by atoms with Gasteiger partial charge in [0.2, 0.25) is 0 Å². The average Bonchev–Trinajstić information content (AvgIpc) is 3.01. The molecule has 3 amide bonds. The van der Waals surface area contributed by atoms with E-state index in [9.17, 15) is 19.5 Å². The van der Waals surface area contributed by atoms with Crippen molar-refractivity contribution in [2.75, 3.05) is 10.6 Å². The molecular formula is C33H30BrN3O6. The predicted molar refractivity (Wildman–Crippen MR) is 167 cm³/mol. The summed E-state index contributed by atoms with van der Waals surface area (Å²) in [5, 5.41) is 17.9. The Morgan fingerprint density at radius 1 is 0.721 bits per heavy atom. The molecule has 0 spiro atoms. The number of urea groups is 1. The summed E-state index contributed by atoms with van der Waals surface area (Å²) in [5.74, 6) is 0.368. The van der Waals surface area contributed by atoms with Crippen molar-refractivity contribution in [3.8, 4) is 17.2 Å². The summed E-state index contributed by atoms with van der Waals surface area (Å²) in [7, 11) is 0. The minimum absolute atomic E-state index is 0.0188. The summed E-state index contributed by atoms with van der Waals surface area (Å²) in [5.41, 5.74) is 1.36. The molecule has 10 heteroatoms. The van der Waals surface area contributed by atoms with Crippen LogP contribution in [-0.4, -0.2) is 35.2 Å². The Balaban J connectivity index is 1.06. The first-order valence-electron chi connectivity index (χ1n) is 13.8.